The molecule has 7 nitrogen and oxygen atoms in total. The molecule has 0 spiro atoms. The maximum Gasteiger partial charge on any atom is 0.311 e. The van der Waals surface area contributed by atoms with Crippen molar-refractivity contribution in [2.75, 3.05) is 39.6 Å². The number of nitrogens with zero attached hydrogens (tertiary/aromatic N) is 2. The van der Waals surface area contributed by atoms with Gasteiger partial charge in [-0.15, -0.1) is 0 Å². The molecule has 1 saturated heterocycles. The SMILES string of the molecule is CCCCCC1C(C(=O)OCC)C(c2ccc3c(c2)OCO3)CN1CC(=O)N(CCCC)CCCC. The fourth-order valence-corrected chi connectivity index (χ4v) is 5.49. The predicted molar refractivity (Wildman–Crippen MR) is 141 cm³/mol. The van der Waals surface area contributed by atoms with Crippen LogP contribution in [0.1, 0.15) is 90.5 Å². The average Bonchev–Trinajstić information content (AvgIpc) is 3.48. The maximum absolute atomic E-state index is 13.5. The second-order valence-electron chi connectivity index (χ2n) is 10.1. The van der Waals surface area contributed by atoms with Crippen molar-refractivity contribution in [2.45, 2.75) is 91.0 Å². The van der Waals surface area contributed by atoms with Gasteiger partial charge in [-0.1, -0.05) is 58.9 Å². The Hall–Kier alpha value is -2.28. The van der Waals surface area contributed by atoms with Crippen LogP contribution in [0.4, 0.5) is 0 Å². The van der Waals surface area contributed by atoms with E-state index in [1.807, 2.05) is 30.0 Å². The van der Waals surface area contributed by atoms with Crippen LogP contribution in [-0.4, -0.2) is 67.3 Å². The van der Waals surface area contributed by atoms with E-state index in [1.54, 1.807) is 0 Å². The van der Waals surface area contributed by atoms with Crippen LogP contribution in [0.3, 0.4) is 0 Å². The first-order valence-electron chi connectivity index (χ1n) is 14.1. The fourth-order valence-electron chi connectivity index (χ4n) is 5.49. The van der Waals surface area contributed by atoms with Gasteiger partial charge in [0.1, 0.15) is 0 Å². The van der Waals surface area contributed by atoms with Crippen LogP contribution in [0.15, 0.2) is 18.2 Å². The Kier molecular flexibility index (Phi) is 11.4. The number of ether oxygens (including phenoxy) is 3. The molecule has 7 heteroatoms. The van der Waals surface area contributed by atoms with Gasteiger partial charge in [0, 0.05) is 31.6 Å². The van der Waals surface area contributed by atoms with Crippen LogP contribution < -0.4 is 9.47 Å². The lowest BCUT2D eigenvalue weighted by Crippen LogP contribution is -2.44. The lowest BCUT2D eigenvalue weighted by Gasteiger charge is -2.30. The number of carbonyl (C=O) groups excluding carboxylic acids is 2. The molecular formula is C29H46N2O5. The summed E-state index contributed by atoms with van der Waals surface area (Å²) in [6.07, 6.45) is 8.30. The van der Waals surface area contributed by atoms with Gasteiger partial charge < -0.3 is 19.1 Å². The molecule has 0 aliphatic carbocycles. The zero-order chi connectivity index (χ0) is 25.9. The minimum atomic E-state index is -0.310. The first-order valence-corrected chi connectivity index (χ1v) is 14.1. The van der Waals surface area contributed by atoms with E-state index in [-0.39, 0.29) is 36.5 Å². The van der Waals surface area contributed by atoms with Crippen molar-refractivity contribution < 1.29 is 23.8 Å². The third-order valence-electron chi connectivity index (χ3n) is 7.49. The highest BCUT2D eigenvalue weighted by molar-refractivity contribution is 5.79. The van der Waals surface area contributed by atoms with E-state index in [1.165, 1.54) is 0 Å². The molecule has 1 aromatic carbocycles. The summed E-state index contributed by atoms with van der Waals surface area (Å²) in [7, 11) is 0. The van der Waals surface area contributed by atoms with Crippen LogP contribution in [0.5, 0.6) is 11.5 Å². The topological polar surface area (TPSA) is 68.3 Å². The standard InChI is InChI=1S/C29H46N2O5/c1-5-9-12-13-24-28(29(33)34-8-4)23(22-14-15-25-26(18-22)36-21-35-25)19-31(24)20-27(32)30(16-10-6-2)17-11-7-3/h14-15,18,23-24,28H,5-13,16-17,19-21H2,1-4H3. The number of benzene rings is 1. The van der Waals surface area contributed by atoms with E-state index in [4.69, 9.17) is 14.2 Å². The minimum absolute atomic E-state index is 0.0193. The summed E-state index contributed by atoms with van der Waals surface area (Å²) >= 11 is 0. The molecule has 1 fully saturated rings. The van der Waals surface area contributed by atoms with Gasteiger partial charge in [-0.25, -0.2) is 0 Å². The van der Waals surface area contributed by atoms with Crippen molar-refractivity contribution in [3.63, 3.8) is 0 Å². The van der Waals surface area contributed by atoms with Crippen LogP contribution in [-0.2, 0) is 14.3 Å². The molecule has 2 aliphatic heterocycles. The number of amides is 1. The molecule has 3 unspecified atom stereocenters. The average molecular weight is 503 g/mol. The summed E-state index contributed by atoms with van der Waals surface area (Å²) in [4.78, 5) is 31.2. The molecule has 3 rings (SSSR count). The smallest absolute Gasteiger partial charge is 0.311 e. The predicted octanol–water partition coefficient (Wildman–Crippen LogP) is 5.37. The zero-order valence-corrected chi connectivity index (χ0v) is 22.8. The van der Waals surface area contributed by atoms with Gasteiger partial charge in [-0.2, -0.15) is 0 Å². The first kappa shape index (κ1) is 28.3. The molecule has 202 valence electrons. The molecule has 2 heterocycles. The van der Waals surface area contributed by atoms with Crippen molar-refractivity contribution in [1.29, 1.82) is 0 Å². The Morgan fingerprint density at radius 3 is 2.33 bits per heavy atom. The van der Waals surface area contributed by atoms with Gasteiger partial charge in [-0.05, 0) is 43.9 Å². The second kappa shape index (κ2) is 14.5. The highest BCUT2D eigenvalue weighted by Gasteiger charge is 2.47. The molecule has 0 aromatic heterocycles. The Balaban J connectivity index is 1.87. The molecule has 0 saturated carbocycles. The van der Waals surface area contributed by atoms with Crippen molar-refractivity contribution in [3.05, 3.63) is 23.8 Å². The van der Waals surface area contributed by atoms with E-state index in [0.29, 0.717) is 19.7 Å². The van der Waals surface area contributed by atoms with Gasteiger partial charge in [0.15, 0.2) is 11.5 Å². The van der Waals surface area contributed by atoms with Crippen molar-refractivity contribution >= 4 is 11.9 Å². The molecule has 36 heavy (non-hydrogen) atoms. The van der Waals surface area contributed by atoms with E-state index in [0.717, 1.165) is 81.5 Å². The molecule has 1 aromatic rings. The molecule has 2 aliphatic rings. The Bertz CT molecular complexity index is 837. The van der Waals surface area contributed by atoms with Crippen LogP contribution in [0.2, 0.25) is 0 Å². The van der Waals surface area contributed by atoms with E-state index in [2.05, 4.69) is 25.7 Å². The number of fused-ring (bicyclic) bond motifs is 1. The largest absolute Gasteiger partial charge is 0.466 e. The van der Waals surface area contributed by atoms with Crippen molar-refractivity contribution in [2.24, 2.45) is 5.92 Å². The second-order valence-corrected chi connectivity index (χ2v) is 10.1. The van der Waals surface area contributed by atoms with Gasteiger partial charge >= 0.3 is 5.97 Å². The molecule has 0 N–H and O–H groups in total. The Morgan fingerprint density at radius 2 is 1.67 bits per heavy atom. The summed E-state index contributed by atoms with van der Waals surface area (Å²) in [5.74, 6) is 1.10. The van der Waals surface area contributed by atoms with E-state index >= 15 is 0 Å². The Morgan fingerprint density at radius 1 is 0.972 bits per heavy atom. The Labute approximate surface area is 217 Å². The van der Waals surface area contributed by atoms with Gasteiger partial charge in [0.05, 0.1) is 19.1 Å². The van der Waals surface area contributed by atoms with Gasteiger partial charge in [-0.3, -0.25) is 14.5 Å². The van der Waals surface area contributed by atoms with Crippen LogP contribution in [0, 0.1) is 5.92 Å². The highest BCUT2D eigenvalue weighted by atomic mass is 16.7. The first-order chi connectivity index (χ1) is 17.5. The van der Waals surface area contributed by atoms with Gasteiger partial charge in [0.25, 0.3) is 0 Å². The third-order valence-corrected chi connectivity index (χ3v) is 7.49. The quantitative estimate of drug-likeness (QED) is 0.237. The van der Waals surface area contributed by atoms with E-state index < -0.39 is 0 Å². The molecule has 0 radical (unpaired) electrons. The number of carbonyl (C=O) groups is 2. The summed E-state index contributed by atoms with van der Waals surface area (Å²) in [6, 6.07) is 5.95. The monoisotopic (exact) mass is 502 g/mol. The van der Waals surface area contributed by atoms with Gasteiger partial charge in [0.2, 0.25) is 12.7 Å². The number of hydrogen-bond donors (Lipinski definition) is 0. The summed E-state index contributed by atoms with van der Waals surface area (Å²) in [5.41, 5.74) is 1.04. The third kappa shape index (κ3) is 7.15. The summed E-state index contributed by atoms with van der Waals surface area (Å²) in [6.45, 7) is 11.5. The number of esters is 1. The molecule has 1 amide bonds. The molecular weight excluding hydrogens is 456 g/mol. The number of rotatable bonds is 15. The zero-order valence-electron chi connectivity index (χ0n) is 22.8. The summed E-state index contributed by atoms with van der Waals surface area (Å²) < 4.78 is 16.7. The minimum Gasteiger partial charge on any atom is -0.466 e. The number of likely N-dealkylation sites (tertiary alicyclic amines) is 1. The summed E-state index contributed by atoms with van der Waals surface area (Å²) in [5, 5.41) is 0. The molecule has 3 atom stereocenters. The lowest BCUT2D eigenvalue weighted by atomic mass is 9.83. The van der Waals surface area contributed by atoms with Crippen LogP contribution in [0.25, 0.3) is 0 Å². The van der Waals surface area contributed by atoms with Crippen LogP contribution >= 0.6 is 0 Å². The van der Waals surface area contributed by atoms with E-state index in [9.17, 15) is 9.59 Å². The maximum atomic E-state index is 13.5. The lowest BCUT2D eigenvalue weighted by molar-refractivity contribution is -0.150. The fraction of sp³-hybridized carbons (Fsp3) is 0.724. The normalized spacial score (nSPS) is 21.1. The molecule has 0 bridgehead atoms. The van der Waals surface area contributed by atoms with Crippen molar-refractivity contribution in [3.8, 4) is 11.5 Å². The number of unbranched alkanes of at least 4 members (excludes halogenated alkanes) is 4. The number of hydrogen-bond acceptors (Lipinski definition) is 6. The highest BCUT2D eigenvalue weighted by Crippen LogP contribution is 2.43. The van der Waals surface area contributed by atoms with Crippen molar-refractivity contribution in [1.82, 2.24) is 9.80 Å².